The second kappa shape index (κ2) is 20.9. The first-order valence-electron chi connectivity index (χ1n) is 16.9. The molecule has 52 heavy (non-hydrogen) atoms. The molecule has 0 atom stereocenters. The van der Waals surface area contributed by atoms with Crippen molar-refractivity contribution in [2.24, 2.45) is 5.41 Å². The Labute approximate surface area is 302 Å². The van der Waals surface area contributed by atoms with Gasteiger partial charge in [-0.15, -0.1) is 0 Å². The summed E-state index contributed by atoms with van der Waals surface area (Å²) in [4.78, 5) is 63.1. The maximum atomic E-state index is 13.3. The highest BCUT2D eigenvalue weighted by molar-refractivity contribution is 6.12. The van der Waals surface area contributed by atoms with Crippen LogP contribution in [0.15, 0.2) is 60.7 Å². The normalized spacial score (nSPS) is 14.9. The molecule has 2 aliphatic rings. The highest BCUT2D eigenvalue weighted by Crippen LogP contribution is 2.45. The van der Waals surface area contributed by atoms with Gasteiger partial charge in [0.15, 0.2) is 5.41 Å². The largest absolute Gasteiger partial charge is 0.497 e. The van der Waals surface area contributed by atoms with Gasteiger partial charge in [-0.25, -0.2) is 0 Å². The summed E-state index contributed by atoms with van der Waals surface area (Å²) in [6.45, 7) is 2.28. The SMILES string of the molecule is COc1ccc(COC(=O)C2(C(=O)OCc3ccc(OC)cc3)CC(OC(=O)CCOCCOCCOCCOCCN3C(=O)C=CC3=O)C2)cc1. The predicted molar refractivity (Wildman–Crippen MR) is 181 cm³/mol. The molecular weight excluding hydrogens is 682 g/mol. The van der Waals surface area contributed by atoms with E-state index in [9.17, 15) is 24.0 Å². The van der Waals surface area contributed by atoms with Crippen LogP contribution in [0.2, 0.25) is 0 Å². The van der Waals surface area contributed by atoms with Crippen LogP contribution in [0, 0.1) is 5.41 Å². The summed E-state index contributed by atoms with van der Waals surface area (Å²) >= 11 is 0. The van der Waals surface area contributed by atoms with Crippen LogP contribution in [0.5, 0.6) is 11.5 Å². The van der Waals surface area contributed by atoms with Crippen molar-refractivity contribution >= 4 is 29.7 Å². The summed E-state index contributed by atoms with van der Waals surface area (Å²) in [5, 5.41) is 0. The topological polar surface area (TPSA) is 172 Å². The van der Waals surface area contributed by atoms with E-state index in [1.54, 1.807) is 62.8 Å². The molecular formula is C37H45NO14. The van der Waals surface area contributed by atoms with Gasteiger partial charge in [-0.2, -0.15) is 0 Å². The van der Waals surface area contributed by atoms with Gasteiger partial charge in [-0.3, -0.25) is 28.9 Å². The summed E-state index contributed by atoms with van der Waals surface area (Å²) in [6, 6.07) is 14.0. The highest BCUT2D eigenvalue weighted by Gasteiger charge is 2.60. The van der Waals surface area contributed by atoms with Gasteiger partial charge in [0.1, 0.15) is 30.8 Å². The van der Waals surface area contributed by atoms with E-state index in [4.69, 9.17) is 42.6 Å². The molecule has 0 bridgehead atoms. The summed E-state index contributed by atoms with van der Waals surface area (Å²) < 4.78 is 48.6. The van der Waals surface area contributed by atoms with Gasteiger partial charge in [0.25, 0.3) is 11.8 Å². The lowest BCUT2D eigenvalue weighted by molar-refractivity contribution is -0.197. The van der Waals surface area contributed by atoms with Crippen LogP contribution in [-0.4, -0.2) is 114 Å². The van der Waals surface area contributed by atoms with E-state index in [2.05, 4.69) is 0 Å². The minimum absolute atomic E-state index is 0.0208. The van der Waals surface area contributed by atoms with Crippen molar-refractivity contribution in [1.82, 2.24) is 4.90 Å². The van der Waals surface area contributed by atoms with E-state index in [1.165, 1.54) is 12.2 Å². The Hall–Kier alpha value is -4.83. The molecule has 2 aromatic rings. The molecule has 1 fully saturated rings. The number of imide groups is 1. The molecule has 0 N–H and O–H groups in total. The number of amides is 2. The number of carbonyl (C=O) groups excluding carboxylic acids is 5. The zero-order valence-electron chi connectivity index (χ0n) is 29.4. The van der Waals surface area contributed by atoms with Crippen molar-refractivity contribution in [3.05, 3.63) is 71.8 Å². The van der Waals surface area contributed by atoms with Gasteiger partial charge in [0.05, 0.1) is 80.0 Å². The first-order valence-corrected chi connectivity index (χ1v) is 16.9. The number of hydrogen-bond acceptors (Lipinski definition) is 14. The van der Waals surface area contributed by atoms with Crippen LogP contribution in [0.1, 0.15) is 30.4 Å². The number of nitrogens with zero attached hydrogens (tertiary/aromatic N) is 1. The second-order valence-corrected chi connectivity index (χ2v) is 11.8. The van der Waals surface area contributed by atoms with E-state index in [1.807, 2.05) is 0 Å². The smallest absolute Gasteiger partial charge is 0.324 e. The van der Waals surface area contributed by atoms with Crippen molar-refractivity contribution in [2.45, 2.75) is 38.6 Å². The Kier molecular flexibility index (Phi) is 16.0. The summed E-state index contributed by atoms with van der Waals surface area (Å²) in [5.74, 6) is -1.40. The molecule has 0 aromatic heterocycles. The molecule has 282 valence electrons. The fraction of sp³-hybridized carbons (Fsp3) is 0.486. The van der Waals surface area contributed by atoms with Crippen molar-refractivity contribution < 1.29 is 66.6 Å². The van der Waals surface area contributed by atoms with E-state index >= 15 is 0 Å². The Morgan fingerprint density at radius 3 is 1.50 bits per heavy atom. The molecule has 0 radical (unpaired) electrons. The lowest BCUT2D eigenvalue weighted by atomic mass is 9.66. The Morgan fingerprint density at radius 1 is 0.635 bits per heavy atom. The zero-order valence-corrected chi connectivity index (χ0v) is 29.4. The van der Waals surface area contributed by atoms with Gasteiger partial charge < -0.3 is 42.6 Å². The van der Waals surface area contributed by atoms with E-state index in [-0.39, 0.29) is 70.7 Å². The minimum Gasteiger partial charge on any atom is -0.497 e. The van der Waals surface area contributed by atoms with Gasteiger partial charge in [-0.05, 0) is 35.4 Å². The van der Waals surface area contributed by atoms with E-state index in [0.717, 1.165) is 4.90 Å². The van der Waals surface area contributed by atoms with Crippen LogP contribution in [0.4, 0.5) is 0 Å². The first-order chi connectivity index (χ1) is 25.2. The lowest BCUT2D eigenvalue weighted by Crippen LogP contribution is -2.55. The number of hydrogen-bond donors (Lipinski definition) is 0. The maximum absolute atomic E-state index is 13.3. The first kappa shape index (κ1) is 39.9. The van der Waals surface area contributed by atoms with Crippen molar-refractivity contribution in [2.75, 3.05) is 73.6 Å². The molecule has 4 rings (SSSR count). The van der Waals surface area contributed by atoms with Crippen LogP contribution in [-0.2, 0) is 70.3 Å². The molecule has 1 saturated carbocycles. The predicted octanol–water partition coefficient (Wildman–Crippen LogP) is 2.56. The zero-order chi connectivity index (χ0) is 37.2. The number of ether oxygens (including phenoxy) is 9. The summed E-state index contributed by atoms with van der Waals surface area (Å²) in [6.07, 6.45) is 1.64. The molecule has 15 heteroatoms. The third kappa shape index (κ3) is 12.1. The molecule has 1 aliphatic carbocycles. The molecule has 2 aromatic carbocycles. The minimum atomic E-state index is -1.61. The molecule has 1 aliphatic heterocycles. The Bertz CT molecular complexity index is 1420. The van der Waals surface area contributed by atoms with E-state index < -0.39 is 29.4 Å². The van der Waals surface area contributed by atoms with Gasteiger partial charge >= 0.3 is 17.9 Å². The number of benzene rings is 2. The number of carbonyl (C=O) groups is 5. The molecule has 2 amide bonds. The fourth-order valence-electron chi connectivity index (χ4n) is 5.20. The van der Waals surface area contributed by atoms with Crippen LogP contribution in [0.25, 0.3) is 0 Å². The monoisotopic (exact) mass is 727 g/mol. The van der Waals surface area contributed by atoms with Crippen LogP contribution < -0.4 is 9.47 Å². The standard InChI is InChI=1S/C37H45NO14/c1-44-29-7-3-27(4-8-29)25-50-35(42)37(36(43)51-26-28-5-9-30(45-2)10-6-28)23-31(24-37)52-34(41)13-15-46-17-19-48-21-22-49-20-18-47-16-14-38-32(39)11-12-33(38)40/h3-12,31H,13-26H2,1-2H3. The average molecular weight is 728 g/mol. The molecule has 15 nitrogen and oxygen atoms in total. The molecule has 0 saturated heterocycles. The van der Waals surface area contributed by atoms with Gasteiger partial charge in [-0.1, -0.05) is 24.3 Å². The number of rotatable bonds is 24. The number of methoxy groups -OCH3 is 2. The Morgan fingerprint density at radius 2 is 1.06 bits per heavy atom. The summed E-state index contributed by atoms with van der Waals surface area (Å²) in [5.41, 5.74) is -0.188. The lowest BCUT2D eigenvalue weighted by Gasteiger charge is -2.42. The maximum Gasteiger partial charge on any atom is 0.324 e. The van der Waals surface area contributed by atoms with Crippen LogP contribution in [0.3, 0.4) is 0 Å². The van der Waals surface area contributed by atoms with Crippen molar-refractivity contribution in [3.63, 3.8) is 0 Å². The fourth-order valence-corrected chi connectivity index (χ4v) is 5.20. The molecule has 0 unspecified atom stereocenters. The molecule has 0 spiro atoms. The van der Waals surface area contributed by atoms with Gasteiger partial charge in [0, 0.05) is 25.0 Å². The second-order valence-electron chi connectivity index (χ2n) is 11.8. The third-order valence-electron chi connectivity index (χ3n) is 8.22. The van der Waals surface area contributed by atoms with Crippen molar-refractivity contribution in [1.29, 1.82) is 0 Å². The van der Waals surface area contributed by atoms with Crippen molar-refractivity contribution in [3.8, 4) is 11.5 Å². The highest BCUT2D eigenvalue weighted by atomic mass is 16.6. The Balaban J connectivity index is 1.08. The summed E-state index contributed by atoms with van der Waals surface area (Å²) in [7, 11) is 3.10. The molecule has 1 heterocycles. The average Bonchev–Trinajstić information content (AvgIpc) is 3.47. The quantitative estimate of drug-likeness (QED) is 0.0508. The van der Waals surface area contributed by atoms with Gasteiger partial charge in [0.2, 0.25) is 0 Å². The number of esters is 3. The third-order valence-corrected chi connectivity index (χ3v) is 8.22. The van der Waals surface area contributed by atoms with E-state index in [0.29, 0.717) is 55.7 Å². The van der Waals surface area contributed by atoms with Crippen LogP contribution >= 0.6 is 0 Å².